The van der Waals surface area contributed by atoms with Crippen LogP contribution in [0.15, 0.2) is 60.2 Å². The molecule has 3 atom stereocenters. The number of benzene rings is 2. The van der Waals surface area contributed by atoms with Gasteiger partial charge < -0.3 is 30.7 Å². The summed E-state index contributed by atoms with van der Waals surface area (Å²) in [5.41, 5.74) is 11.5. The first-order chi connectivity index (χ1) is 20.1. The van der Waals surface area contributed by atoms with Crippen LogP contribution < -0.4 is 11.1 Å². The molecule has 3 rings (SSSR count). The van der Waals surface area contributed by atoms with Crippen LogP contribution >= 0.6 is 0 Å². The third kappa shape index (κ3) is 10.0. The molecule has 2 aromatic carbocycles. The van der Waals surface area contributed by atoms with Crippen molar-refractivity contribution in [1.82, 2.24) is 5.32 Å². The molecular formula is C34H48N2O6. The van der Waals surface area contributed by atoms with E-state index in [4.69, 9.17) is 15.2 Å². The lowest BCUT2D eigenvalue weighted by Gasteiger charge is -2.36. The first kappa shape index (κ1) is 34.6. The van der Waals surface area contributed by atoms with Crippen LogP contribution in [0.1, 0.15) is 84.8 Å². The smallest absolute Gasteiger partial charge is 0.333 e. The molecule has 42 heavy (non-hydrogen) atoms. The van der Waals surface area contributed by atoms with E-state index in [0.29, 0.717) is 18.6 Å². The van der Waals surface area contributed by atoms with Crippen molar-refractivity contribution in [3.63, 3.8) is 0 Å². The minimum absolute atomic E-state index is 0.0613. The molecule has 0 saturated heterocycles. The summed E-state index contributed by atoms with van der Waals surface area (Å²) in [4.78, 5) is 23.4. The zero-order chi connectivity index (χ0) is 31.2. The fourth-order valence-electron chi connectivity index (χ4n) is 5.13. The molecule has 0 radical (unpaired) electrons. The van der Waals surface area contributed by atoms with Crippen molar-refractivity contribution >= 4 is 23.0 Å². The van der Waals surface area contributed by atoms with Gasteiger partial charge in [0, 0.05) is 18.5 Å². The van der Waals surface area contributed by atoms with Crippen LogP contribution in [-0.2, 0) is 19.1 Å². The first-order valence-corrected chi connectivity index (χ1v) is 14.9. The third-order valence-electron chi connectivity index (χ3n) is 7.31. The quantitative estimate of drug-likeness (QED) is 0.186. The largest absolute Gasteiger partial charge is 0.508 e. The Hall–Kier alpha value is -3.62. The van der Waals surface area contributed by atoms with E-state index in [1.54, 1.807) is 37.3 Å². The van der Waals surface area contributed by atoms with Gasteiger partial charge >= 0.3 is 5.97 Å². The number of esters is 1. The van der Waals surface area contributed by atoms with Gasteiger partial charge in [0.25, 0.3) is 0 Å². The minimum atomic E-state index is -0.419. The summed E-state index contributed by atoms with van der Waals surface area (Å²) in [5, 5.41) is 21.7. The highest BCUT2D eigenvalue weighted by molar-refractivity contribution is 5.91. The number of carbonyl (C=O) groups excluding carboxylic acids is 2. The zero-order valence-electron chi connectivity index (χ0n) is 25.9. The van der Waals surface area contributed by atoms with Gasteiger partial charge in [-0.25, -0.2) is 4.79 Å². The monoisotopic (exact) mass is 580 g/mol. The van der Waals surface area contributed by atoms with E-state index >= 15 is 0 Å². The number of ether oxygens (including phenoxy) is 2. The van der Waals surface area contributed by atoms with Crippen molar-refractivity contribution in [2.75, 3.05) is 6.61 Å². The van der Waals surface area contributed by atoms with Crippen LogP contribution in [0, 0.1) is 0 Å². The van der Waals surface area contributed by atoms with E-state index in [2.05, 4.69) is 19.2 Å². The number of carbonyl (C=O) groups is 2. The van der Waals surface area contributed by atoms with E-state index in [-0.39, 0.29) is 41.6 Å². The Morgan fingerprint density at radius 3 is 1.74 bits per heavy atom. The Morgan fingerprint density at radius 1 is 0.881 bits per heavy atom. The molecule has 1 aliphatic carbocycles. The molecule has 0 aliphatic heterocycles. The number of nitrogens with one attached hydrogen (secondary N) is 1. The molecule has 0 unspecified atom stereocenters. The minimum Gasteiger partial charge on any atom is -0.508 e. The molecule has 1 amide bonds. The zero-order valence-corrected chi connectivity index (χ0v) is 25.9. The highest BCUT2D eigenvalue weighted by Crippen LogP contribution is 2.32. The SMILES string of the molecule is CC/C(=C(/CC)c1ccc(O)cc1)c1ccc(O)cc1.CCOC(=O)C1=C[C@@H](OC(CC)CC)[C@H](NC(C)=O)[C@@H](N)C1. The summed E-state index contributed by atoms with van der Waals surface area (Å²) in [7, 11) is 0. The number of phenols is 2. The van der Waals surface area contributed by atoms with Crippen molar-refractivity contribution in [2.24, 2.45) is 5.73 Å². The fraction of sp³-hybridized carbons (Fsp3) is 0.471. The molecule has 0 heterocycles. The van der Waals surface area contributed by atoms with E-state index in [1.807, 2.05) is 38.1 Å². The van der Waals surface area contributed by atoms with Gasteiger partial charge in [-0.3, -0.25) is 4.79 Å². The lowest BCUT2D eigenvalue weighted by Crippen LogP contribution is -2.57. The molecule has 8 heteroatoms. The normalized spacial score (nSPS) is 18.8. The maximum absolute atomic E-state index is 12.0. The van der Waals surface area contributed by atoms with Gasteiger partial charge in [0.1, 0.15) is 11.5 Å². The Balaban J connectivity index is 0.000000294. The molecule has 2 aromatic rings. The summed E-state index contributed by atoms with van der Waals surface area (Å²) < 4.78 is 11.1. The van der Waals surface area contributed by atoms with E-state index in [1.165, 1.54) is 18.1 Å². The van der Waals surface area contributed by atoms with Gasteiger partial charge in [0.15, 0.2) is 0 Å². The number of aromatic hydroxyl groups is 2. The van der Waals surface area contributed by atoms with Crippen molar-refractivity contribution < 1.29 is 29.3 Å². The Morgan fingerprint density at radius 2 is 1.36 bits per heavy atom. The average Bonchev–Trinajstić information content (AvgIpc) is 2.97. The molecule has 8 nitrogen and oxygen atoms in total. The number of nitrogens with two attached hydrogens (primary N) is 1. The van der Waals surface area contributed by atoms with Crippen molar-refractivity contribution in [3.8, 4) is 11.5 Å². The van der Waals surface area contributed by atoms with Gasteiger partial charge in [-0.05, 0) is 91.6 Å². The van der Waals surface area contributed by atoms with Crippen LogP contribution in [0.5, 0.6) is 11.5 Å². The molecule has 0 spiro atoms. The van der Waals surface area contributed by atoms with Crippen LogP contribution in [-0.4, -0.2) is 53.0 Å². The molecule has 0 fully saturated rings. The maximum atomic E-state index is 12.0. The standard InChI is InChI=1S/C18H20O2.C16H28N2O4/c1-3-17(13-5-9-15(19)10-6-13)18(4-2)14-7-11-16(20)12-8-14;1-5-12(6-2)22-14-9-11(16(20)21-7-3)8-13(17)15(14)18-10(4)19/h5-12,19-20H,3-4H2,1-2H3;9,12-15H,5-8,17H2,1-4H3,(H,18,19)/b18-17+;/t;13-,14+,15+/m.0/s1. The fourth-order valence-corrected chi connectivity index (χ4v) is 5.13. The highest BCUT2D eigenvalue weighted by atomic mass is 16.5. The number of amides is 1. The van der Waals surface area contributed by atoms with Crippen LogP contribution in [0.3, 0.4) is 0 Å². The van der Waals surface area contributed by atoms with Gasteiger partial charge in [0.05, 0.1) is 24.9 Å². The molecular weight excluding hydrogens is 532 g/mol. The Labute approximate surface area is 250 Å². The third-order valence-corrected chi connectivity index (χ3v) is 7.31. The number of rotatable bonds is 11. The second-order valence-corrected chi connectivity index (χ2v) is 10.3. The van der Waals surface area contributed by atoms with Crippen LogP contribution in [0.2, 0.25) is 0 Å². The second kappa shape index (κ2) is 17.4. The molecule has 0 bridgehead atoms. The summed E-state index contributed by atoms with van der Waals surface area (Å²) in [5.74, 6) is 0.0442. The van der Waals surface area contributed by atoms with Crippen LogP contribution in [0.4, 0.5) is 0 Å². The Kier molecular flexibility index (Phi) is 14.3. The van der Waals surface area contributed by atoms with Crippen LogP contribution in [0.25, 0.3) is 11.1 Å². The molecule has 230 valence electrons. The molecule has 0 aromatic heterocycles. The van der Waals surface area contributed by atoms with Gasteiger partial charge in [-0.2, -0.15) is 0 Å². The van der Waals surface area contributed by atoms with E-state index < -0.39 is 6.10 Å². The average molecular weight is 581 g/mol. The van der Waals surface area contributed by atoms with Crippen molar-refractivity contribution in [1.29, 1.82) is 0 Å². The summed E-state index contributed by atoms with van der Waals surface area (Å²) in [6, 6.07) is 13.9. The van der Waals surface area contributed by atoms with Gasteiger partial charge in [0.2, 0.25) is 5.91 Å². The lowest BCUT2D eigenvalue weighted by molar-refractivity contribution is -0.139. The van der Waals surface area contributed by atoms with E-state index in [0.717, 1.165) is 36.8 Å². The Bertz CT molecular complexity index is 1140. The molecule has 0 saturated carbocycles. The predicted octanol–water partition coefficient (Wildman–Crippen LogP) is 6.11. The number of hydrogen-bond donors (Lipinski definition) is 4. The predicted molar refractivity (Wildman–Crippen MR) is 168 cm³/mol. The highest BCUT2D eigenvalue weighted by Gasteiger charge is 2.35. The van der Waals surface area contributed by atoms with E-state index in [9.17, 15) is 19.8 Å². The number of hydrogen-bond acceptors (Lipinski definition) is 7. The number of phenolic OH excluding ortho intramolecular Hbond substituents is 2. The van der Waals surface area contributed by atoms with Gasteiger partial charge in [-0.1, -0.05) is 52.0 Å². The summed E-state index contributed by atoms with van der Waals surface area (Å²) >= 11 is 0. The van der Waals surface area contributed by atoms with Gasteiger partial charge in [-0.15, -0.1) is 0 Å². The van der Waals surface area contributed by atoms with Crippen molar-refractivity contribution in [2.45, 2.75) is 97.9 Å². The molecule has 1 aliphatic rings. The first-order valence-electron chi connectivity index (χ1n) is 14.9. The molecule has 5 N–H and O–H groups in total. The topological polar surface area (TPSA) is 131 Å². The second-order valence-electron chi connectivity index (χ2n) is 10.3. The lowest BCUT2D eigenvalue weighted by atomic mass is 9.88. The maximum Gasteiger partial charge on any atom is 0.333 e. The summed E-state index contributed by atoms with van der Waals surface area (Å²) in [6.45, 7) is 11.9. The van der Waals surface area contributed by atoms with Crippen molar-refractivity contribution in [3.05, 3.63) is 71.3 Å². The summed E-state index contributed by atoms with van der Waals surface area (Å²) in [6.07, 6.45) is 5.33. The number of allylic oxidation sites excluding steroid dienone is 2.